The molecule has 4 rings (SSSR count). The summed E-state index contributed by atoms with van der Waals surface area (Å²) in [7, 11) is 0. The fraction of sp³-hybridized carbons (Fsp3) is 1.00. The lowest BCUT2D eigenvalue weighted by molar-refractivity contribution is -0.444. The van der Waals surface area contributed by atoms with Crippen LogP contribution in [0.1, 0.15) is 47.0 Å². The van der Waals surface area contributed by atoms with Crippen LogP contribution in [0.25, 0.3) is 0 Å². The number of nitrogens with two attached hydrogens (primary N) is 2. The van der Waals surface area contributed by atoms with Crippen LogP contribution in [0, 0.1) is 5.41 Å². The third kappa shape index (κ3) is 0.990. The van der Waals surface area contributed by atoms with Gasteiger partial charge in [0, 0.05) is 0 Å². The summed E-state index contributed by atoms with van der Waals surface area (Å²) in [4.78, 5) is 0. The molecular weight excluding hydrogens is 204 g/mol. The van der Waals surface area contributed by atoms with Crippen LogP contribution < -0.4 is 11.7 Å². The molecule has 4 aliphatic rings. The molecule has 2 atom stereocenters. The van der Waals surface area contributed by atoms with Gasteiger partial charge >= 0.3 is 0 Å². The molecule has 4 N–H and O–H groups in total. The third-order valence-electron chi connectivity index (χ3n) is 4.77. The first-order chi connectivity index (χ1) is 7.14. The second kappa shape index (κ2) is 2.47. The molecule has 5 heteroatoms. The van der Waals surface area contributed by atoms with E-state index < -0.39 is 0 Å². The van der Waals surface area contributed by atoms with Gasteiger partial charge in [-0.05, 0) is 45.4 Å². The van der Waals surface area contributed by atoms with Crippen LogP contribution >= 0.6 is 0 Å². The summed E-state index contributed by atoms with van der Waals surface area (Å²) in [5, 5.41) is 3.62. The Balaban J connectivity index is 2.16. The van der Waals surface area contributed by atoms with Crippen LogP contribution in [0.15, 0.2) is 0 Å². The largest absolute Gasteiger partial charge is 0.337 e. The van der Waals surface area contributed by atoms with Crippen LogP contribution in [0.5, 0.6) is 0 Å². The zero-order chi connectivity index (χ0) is 12.0. The van der Waals surface area contributed by atoms with Gasteiger partial charge in [0.1, 0.15) is 17.1 Å². The normalized spacial score (nSPS) is 61.9. The first-order valence-electron chi connectivity index (χ1n) is 5.94. The first-order valence-corrected chi connectivity index (χ1v) is 5.94. The van der Waals surface area contributed by atoms with E-state index in [1.165, 1.54) is 0 Å². The van der Waals surface area contributed by atoms with Gasteiger partial charge in [-0.2, -0.15) is 10.0 Å². The van der Waals surface area contributed by atoms with E-state index in [-0.39, 0.29) is 22.5 Å². The molecule has 4 aliphatic heterocycles. The van der Waals surface area contributed by atoms with E-state index in [2.05, 4.69) is 27.7 Å². The molecule has 4 heterocycles. The van der Waals surface area contributed by atoms with Crippen molar-refractivity contribution < 1.29 is 4.74 Å². The third-order valence-corrected chi connectivity index (χ3v) is 4.77. The van der Waals surface area contributed by atoms with Crippen molar-refractivity contribution in [3.05, 3.63) is 0 Å². The monoisotopic (exact) mass is 226 g/mol. The van der Waals surface area contributed by atoms with Crippen molar-refractivity contribution in [3.63, 3.8) is 0 Å². The van der Waals surface area contributed by atoms with E-state index in [1.54, 1.807) is 0 Å². The molecule has 0 radical (unpaired) electrons. The Labute approximate surface area is 96.6 Å². The molecule has 0 aromatic carbocycles. The van der Waals surface area contributed by atoms with Crippen LogP contribution in [-0.4, -0.2) is 27.1 Å². The lowest BCUT2D eigenvalue weighted by Crippen LogP contribution is -2.88. The molecule has 92 valence electrons. The van der Waals surface area contributed by atoms with Crippen molar-refractivity contribution in [1.29, 1.82) is 0 Å². The van der Waals surface area contributed by atoms with E-state index in [0.717, 1.165) is 19.3 Å². The average molecular weight is 226 g/mol. The fourth-order valence-corrected chi connectivity index (χ4v) is 4.70. The minimum Gasteiger partial charge on any atom is -0.337 e. The van der Waals surface area contributed by atoms with Gasteiger partial charge in [0.2, 0.25) is 0 Å². The molecule has 0 aromatic heterocycles. The van der Waals surface area contributed by atoms with Crippen molar-refractivity contribution in [2.24, 2.45) is 17.1 Å². The predicted octanol–water partition coefficient (Wildman–Crippen LogP) is 0.720. The van der Waals surface area contributed by atoms with Gasteiger partial charge in [-0.1, -0.05) is 6.92 Å². The van der Waals surface area contributed by atoms with Crippen LogP contribution in [-0.2, 0) is 4.74 Å². The number of nitrogens with zero attached hydrogens (tertiary/aromatic N) is 2. The van der Waals surface area contributed by atoms with Crippen molar-refractivity contribution in [1.82, 2.24) is 10.0 Å². The number of ether oxygens (including phenoxy) is 1. The molecule has 0 aromatic rings. The highest BCUT2D eigenvalue weighted by molar-refractivity contribution is 5.13. The van der Waals surface area contributed by atoms with Gasteiger partial charge < -0.3 is 4.74 Å². The Hall–Kier alpha value is -0.200. The lowest BCUT2D eigenvalue weighted by Gasteiger charge is -2.74. The molecule has 4 fully saturated rings. The number of piperidine rings is 2. The van der Waals surface area contributed by atoms with Crippen LogP contribution in [0.2, 0.25) is 0 Å². The molecule has 0 aliphatic carbocycles. The molecular formula is C11H22N4O. The zero-order valence-electron chi connectivity index (χ0n) is 10.6. The van der Waals surface area contributed by atoms with Crippen LogP contribution in [0.4, 0.5) is 0 Å². The average Bonchev–Trinajstić information content (AvgIpc) is 2.08. The summed E-state index contributed by atoms with van der Waals surface area (Å²) in [5.41, 5.74) is -0.787. The van der Waals surface area contributed by atoms with E-state index in [1.807, 2.05) is 10.0 Å². The van der Waals surface area contributed by atoms with Gasteiger partial charge in [0.25, 0.3) is 0 Å². The van der Waals surface area contributed by atoms with E-state index in [0.29, 0.717) is 0 Å². The fourth-order valence-electron chi connectivity index (χ4n) is 4.70. The summed E-state index contributed by atoms with van der Waals surface area (Å²) in [6.45, 7) is 8.59. The first kappa shape index (κ1) is 10.9. The van der Waals surface area contributed by atoms with Gasteiger partial charge in [-0.3, -0.25) is 11.7 Å². The maximum absolute atomic E-state index is 6.23. The SMILES string of the molecule is CC12CC3(C)OC(C)(C1)N(N)C(C)(C2)N3N. The number of rotatable bonds is 0. The van der Waals surface area contributed by atoms with Crippen molar-refractivity contribution in [3.8, 4) is 0 Å². The van der Waals surface area contributed by atoms with Crippen molar-refractivity contribution in [2.45, 2.75) is 64.1 Å². The standard InChI is InChI=1S/C11H22N4O/c1-8-5-9(2)14(12)10(3,6-8)16-11(4,7-8)15(9)13/h5-7,12-13H2,1-4H3. The number of hydrogen-bond acceptors (Lipinski definition) is 5. The molecule has 0 spiro atoms. The molecule has 4 saturated heterocycles. The molecule has 5 nitrogen and oxygen atoms in total. The Morgan fingerprint density at radius 2 is 1.31 bits per heavy atom. The summed E-state index contributed by atoms with van der Waals surface area (Å²) in [6.07, 6.45) is 2.96. The second-order valence-electron chi connectivity index (χ2n) is 6.75. The Kier molecular flexibility index (Phi) is 1.68. The maximum atomic E-state index is 6.23. The van der Waals surface area contributed by atoms with E-state index in [4.69, 9.17) is 16.4 Å². The van der Waals surface area contributed by atoms with E-state index >= 15 is 0 Å². The van der Waals surface area contributed by atoms with Crippen LogP contribution in [0.3, 0.4) is 0 Å². The minimum atomic E-state index is -0.384. The number of hydrazine groups is 2. The molecule has 0 amide bonds. The predicted molar refractivity (Wildman–Crippen MR) is 60.3 cm³/mol. The minimum absolute atomic E-state index is 0.280. The second-order valence-corrected chi connectivity index (χ2v) is 6.75. The topological polar surface area (TPSA) is 67.8 Å². The highest BCUT2D eigenvalue weighted by Gasteiger charge is 2.70. The Morgan fingerprint density at radius 3 is 1.75 bits per heavy atom. The maximum Gasteiger partial charge on any atom is 0.135 e. The zero-order valence-corrected chi connectivity index (χ0v) is 10.6. The van der Waals surface area contributed by atoms with Gasteiger partial charge in [0.05, 0.1) is 0 Å². The summed E-state index contributed by atoms with van der Waals surface area (Å²) in [5.74, 6) is 12.5. The van der Waals surface area contributed by atoms with Gasteiger partial charge in [-0.15, -0.1) is 0 Å². The smallest absolute Gasteiger partial charge is 0.135 e. The highest BCUT2D eigenvalue weighted by atomic mass is 16.6. The summed E-state index contributed by atoms with van der Waals surface area (Å²) in [6, 6.07) is 0. The van der Waals surface area contributed by atoms with Gasteiger partial charge in [0.15, 0.2) is 0 Å². The van der Waals surface area contributed by atoms with Gasteiger partial charge in [-0.25, -0.2) is 0 Å². The Bertz CT molecular complexity index is 336. The van der Waals surface area contributed by atoms with Crippen molar-refractivity contribution in [2.75, 3.05) is 0 Å². The molecule has 0 saturated carbocycles. The molecule has 16 heavy (non-hydrogen) atoms. The Morgan fingerprint density at radius 1 is 0.875 bits per heavy atom. The highest BCUT2D eigenvalue weighted by Crippen LogP contribution is 2.62. The molecule has 4 bridgehead atoms. The summed E-state index contributed by atoms with van der Waals surface area (Å²) >= 11 is 0. The summed E-state index contributed by atoms with van der Waals surface area (Å²) < 4.78 is 6.15. The quantitative estimate of drug-likeness (QED) is 0.596. The van der Waals surface area contributed by atoms with Crippen molar-refractivity contribution >= 4 is 0 Å². The van der Waals surface area contributed by atoms with E-state index in [9.17, 15) is 0 Å². The number of hydrogen-bond donors (Lipinski definition) is 2. The lowest BCUT2D eigenvalue weighted by atomic mass is 9.61. The molecule has 2 unspecified atom stereocenters.